The molecule has 1 saturated heterocycles. The second kappa shape index (κ2) is 6.76. The van der Waals surface area contributed by atoms with Crippen LogP contribution in [0.5, 0.6) is 0 Å². The van der Waals surface area contributed by atoms with E-state index in [9.17, 15) is 4.79 Å². The molecule has 1 aromatic carbocycles. The van der Waals surface area contributed by atoms with Crippen molar-refractivity contribution in [1.29, 1.82) is 5.26 Å². The van der Waals surface area contributed by atoms with Crippen LogP contribution < -0.4 is 0 Å². The Hall–Kier alpha value is -2.12. The molecular formula is C18H18N2OS. The highest BCUT2D eigenvalue weighted by atomic mass is 32.1. The molecule has 0 N–H and O–H groups in total. The molecule has 4 heteroatoms. The maximum Gasteiger partial charge on any atom is 0.223 e. The van der Waals surface area contributed by atoms with Crippen LogP contribution in [0.4, 0.5) is 0 Å². The lowest BCUT2D eigenvalue weighted by Gasteiger charge is -2.24. The predicted molar refractivity (Wildman–Crippen MR) is 87.5 cm³/mol. The molecule has 1 aromatic heterocycles. The summed E-state index contributed by atoms with van der Waals surface area (Å²) in [6, 6.07) is 14.1. The average Bonchev–Trinajstić information content (AvgIpc) is 3.23. The van der Waals surface area contributed by atoms with Crippen molar-refractivity contribution in [3.8, 4) is 6.07 Å². The summed E-state index contributed by atoms with van der Waals surface area (Å²) in [7, 11) is 0. The number of amides is 1. The maximum absolute atomic E-state index is 12.5. The molecule has 0 radical (unpaired) electrons. The summed E-state index contributed by atoms with van der Waals surface area (Å²) in [6.07, 6.45) is 3.43. The van der Waals surface area contributed by atoms with Gasteiger partial charge in [-0.1, -0.05) is 18.2 Å². The third kappa shape index (κ3) is 3.20. The molecule has 2 heterocycles. The van der Waals surface area contributed by atoms with Gasteiger partial charge in [0.15, 0.2) is 0 Å². The van der Waals surface area contributed by atoms with Crippen molar-refractivity contribution in [2.45, 2.75) is 31.7 Å². The predicted octanol–water partition coefficient (Wildman–Crippen LogP) is 3.92. The third-order valence-corrected chi connectivity index (χ3v) is 5.13. The molecule has 1 fully saturated rings. The summed E-state index contributed by atoms with van der Waals surface area (Å²) in [6.45, 7) is 0.870. The molecule has 0 saturated carbocycles. The Labute approximate surface area is 134 Å². The van der Waals surface area contributed by atoms with E-state index < -0.39 is 0 Å². The molecule has 3 rings (SSSR count). The smallest absolute Gasteiger partial charge is 0.223 e. The molecule has 1 atom stereocenters. The molecule has 1 unspecified atom stereocenters. The van der Waals surface area contributed by atoms with Gasteiger partial charge in [-0.3, -0.25) is 4.79 Å². The van der Waals surface area contributed by atoms with Crippen LogP contribution in [0.2, 0.25) is 0 Å². The zero-order chi connectivity index (χ0) is 15.4. The summed E-state index contributed by atoms with van der Waals surface area (Å²) in [5.41, 5.74) is 1.77. The second-order valence-corrected chi connectivity index (χ2v) is 6.55. The number of carbonyl (C=O) groups excluding carboxylic acids is 1. The number of carbonyl (C=O) groups is 1. The monoisotopic (exact) mass is 310 g/mol. The maximum atomic E-state index is 12.5. The summed E-state index contributed by atoms with van der Waals surface area (Å²) < 4.78 is 0. The number of likely N-dealkylation sites (tertiary alicyclic amines) is 1. The van der Waals surface area contributed by atoms with Gasteiger partial charge in [-0.2, -0.15) is 5.26 Å². The molecule has 0 spiro atoms. The van der Waals surface area contributed by atoms with Gasteiger partial charge < -0.3 is 4.90 Å². The summed E-state index contributed by atoms with van der Waals surface area (Å²) >= 11 is 1.74. The van der Waals surface area contributed by atoms with E-state index in [-0.39, 0.29) is 11.9 Å². The number of nitrogens with zero attached hydrogens (tertiary/aromatic N) is 2. The molecule has 1 aliphatic heterocycles. The summed E-state index contributed by atoms with van der Waals surface area (Å²) in [4.78, 5) is 15.9. The van der Waals surface area contributed by atoms with Crippen LogP contribution >= 0.6 is 11.3 Å². The lowest BCUT2D eigenvalue weighted by atomic mass is 10.1. The van der Waals surface area contributed by atoms with Gasteiger partial charge in [-0.05, 0) is 48.4 Å². The number of thiophene rings is 1. The van der Waals surface area contributed by atoms with Crippen LogP contribution in [-0.2, 0) is 11.2 Å². The van der Waals surface area contributed by atoms with Crippen molar-refractivity contribution in [2.24, 2.45) is 0 Å². The molecule has 3 nitrogen and oxygen atoms in total. The summed E-state index contributed by atoms with van der Waals surface area (Å²) in [5.74, 6) is 0.236. The van der Waals surface area contributed by atoms with Gasteiger partial charge in [0, 0.05) is 17.8 Å². The second-order valence-electron chi connectivity index (χ2n) is 5.57. The van der Waals surface area contributed by atoms with Gasteiger partial charge in [0.05, 0.1) is 17.7 Å². The quantitative estimate of drug-likeness (QED) is 0.859. The third-order valence-electron chi connectivity index (χ3n) is 4.16. The van der Waals surface area contributed by atoms with E-state index in [4.69, 9.17) is 5.26 Å². The molecule has 22 heavy (non-hydrogen) atoms. The number of aryl methyl sites for hydroxylation is 1. The number of nitriles is 1. The van der Waals surface area contributed by atoms with E-state index in [0.717, 1.165) is 31.4 Å². The topological polar surface area (TPSA) is 44.1 Å². The standard InChI is InChI=1S/C18H18N2OS/c19-13-15-7-5-14(6-8-15)9-10-18(21)20-11-1-3-16(20)17-4-2-12-22-17/h2,4-8,12,16H,1,3,9-11H2. The SMILES string of the molecule is N#Cc1ccc(CCC(=O)N2CCCC2c2cccs2)cc1. The van der Waals surface area contributed by atoms with Crippen molar-refractivity contribution in [3.05, 3.63) is 57.8 Å². The minimum Gasteiger partial charge on any atom is -0.335 e. The highest BCUT2D eigenvalue weighted by Gasteiger charge is 2.29. The normalized spacial score (nSPS) is 17.4. The molecule has 1 aliphatic rings. The van der Waals surface area contributed by atoms with Gasteiger partial charge in [0.2, 0.25) is 5.91 Å². The van der Waals surface area contributed by atoms with E-state index >= 15 is 0 Å². The van der Waals surface area contributed by atoms with Crippen molar-refractivity contribution in [2.75, 3.05) is 6.54 Å². The van der Waals surface area contributed by atoms with Gasteiger partial charge in [0.25, 0.3) is 0 Å². The Morgan fingerprint density at radius 3 is 2.82 bits per heavy atom. The first-order valence-corrected chi connectivity index (χ1v) is 8.48. The first-order chi connectivity index (χ1) is 10.8. The Kier molecular flexibility index (Phi) is 4.55. The van der Waals surface area contributed by atoms with Gasteiger partial charge >= 0.3 is 0 Å². The molecule has 0 bridgehead atoms. The van der Waals surface area contributed by atoms with Crippen molar-refractivity contribution in [1.82, 2.24) is 4.90 Å². The lowest BCUT2D eigenvalue weighted by Crippen LogP contribution is -2.30. The fourth-order valence-electron chi connectivity index (χ4n) is 2.98. The molecule has 1 amide bonds. The first kappa shape index (κ1) is 14.8. The molecule has 0 aliphatic carbocycles. The zero-order valence-corrected chi connectivity index (χ0v) is 13.2. The largest absolute Gasteiger partial charge is 0.335 e. The van der Waals surface area contributed by atoms with E-state index in [2.05, 4.69) is 23.6 Å². The van der Waals surface area contributed by atoms with Crippen molar-refractivity contribution >= 4 is 17.2 Å². The summed E-state index contributed by atoms with van der Waals surface area (Å²) in [5, 5.41) is 10.9. The van der Waals surface area contributed by atoms with Crippen molar-refractivity contribution in [3.63, 3.8) is 0 Å². The number of hydrogen-bond donors (Lipinski definition) is 0. The number of hydrogen-bond acceptors (Lipinski definition) is 3. The highest BCUT2D eigenvalue weighted by molar-refractivity contribution is 7.10. The van der Waals surface area contributed by atoms with E-state index in [1.165, 1.54) is 4.88 Å². The van der Waals surface area contributed by atoms with Crippen molar-refractivity contribution < 1.29 is 4.79 Å². The first-order valence-electron chi connectivity index (χ1n) is 7.60. The molecular weight excluding hydrogens is 292 g/mol. The van der Waals surface area contributed by atoms with E-state index in [1.54, 1.807) is 11.3 Å². The Bertz CT molecular complexity index is 670. The Morgan fingerprint density at radius 1 is 1.32 bits per heavy atom. The number of rotatable bonds is 4. The van der Waals surface area contributed by atoms with Crippen LogP contribution in [0.15, 0.2) is 41.8 Å². The van der Waals surface area contributed by atoms with E-state index in [1.807, 2.05) is 29.2 Å². The minimum absolute atomic E-state index is 0.236. The number of benzene rings is 1. The zero-order valence-electron chi connectivity index (χ0n) is 12.4. The fourth-order valence-corrected chi connectivity index (χ4v) is 3.86. The van der Waals surface area contributed by atoms with Gasteiger partial charge in [0.1, 0.15) is 0 Å². The fraction of sp³-hybridized carbons (Fsp3) is 0.333. The van der Waals surface area contributed by atoms with Crippen LogP contribution in [0, 0.1) is 11.3 Å². The lowest BCUT2D eigenvalue weighted by molar-refractivity contribution is -0.132. The van der Waals surface area contributed by atoms with Crippen LogP contribution in [0.3, 0.4) is 0 Å². The minimum atomic E-state index is 0.236. The Balaban J connectivity index is 1.60. The molecule has 112 valence electrons. The Morgan fingerprint density at radius 2 is 2.14 bits per heavy atom. The van der Waals surface area contributed by atoms with Crippen LogP contribution in [0.25, 0.3) is 0 Å². The van der Waals surface area contributed by atoms with Gasteiger partial charge in [-0.15, -0.1) is 11.3 Å². The highest BCUT2D eigenvalue weighted by Crippen LogP contribution is 2.34. The molecule has 2 aromatic rings. The average molecular weight is 310 g/mol. The van der Waals surface area contributed by atoms with Crippen LogP contribution in [0.1, 0.15) is 41.3 Å². The van der Waals surface area contributed by atoms with E-state index in [0.29, 0.717) is 12.0 Å². The van der Waals surface area contributed by atoms with Gasteiger partial charge in [-0.25, -0.2) is 0 Å². The van der Waals surface area contributed by atoms with Crippen LogP contribution in [-0.4, -0.2) is 17.4 Å².